The molecule has 1 aromatic carbocycles. The van der Waals surface area contributed by atoms with Gasteiger partial charge in [-0.05, 0) is 37.6 Å². The number of urea groups is 1. The lowest BCUT2D eigenvalue weighted by Gasteiger charge is -2.08. The van der Waals surface area contributed by atoms with Gasteiger partial charge in [0.05, 0.1) is 12.2 Å². The largest absolute Gasteiger partial charge is 0.462 e. The van der Waals surface area contributed by atoms with Crippen molar-refractivity contribution in [1.29, 1.82) is 0 Å². The summed E-state index contributed by atoms with van der Waals surface area (Å²) >= 11 is 6.83. The predicted molar refractivity (Wildman–Crippen MR) is 110 cm³/mol. The molecular formula is C19H19ClN2O5S. The highest BCUT2D eigenvalue weighted by Gasteiger charge is 2.27. The highest BCUT2D eigenvalue weighted by atomic mass is 35.5. The van der Waals surface area contributed by atoms with E-state index in [0.717, 1.165) is 11.3 Å². The second-order valence-electron chi connectivity index (χ2n) is 5.46. The van der Waals surface area contributed by atoms with Gasteiger partial charge in [0.25, 0.3) is 0 Å². The van der Waals surface area contributed by atoms with Gasteiger partial charge in [0.1, 0.15) is 16.5 Å². The first-order chi connectivity index (χ1) is 13.4. The van der Waals surface area contributed by atoms with Gasteiger partial charge in [0.15, 0.2) is 0 Å². The summed E-state index contributed by atoms with van der Waals surface area (Å²) in [6.45, 7) is 6.92. The van der Waals surface area contributed by atoms with Gasteiger partial charge in [-0.3, -0.25) is 5.32 Å². The minimum Gasteiger partial charge on any atom is -0.462 e. The van der Waals surface area contributed by atoms with Gasteiger partial charge in [-0.25, -0.2) is 14.4 Å². The number of carbonyl (C=O) groups excluding carboxylic acids is 3. The van der Waals surface area contributed by atoms with E-state index in [0.29, 0.717) is 16.3 Å². The molecule has 7 nitrogen and oxygen atoms in total. The van der Waals surface area contributed by atoms with Crippen LogP contribution in [0.1, 0.15) is 32.5 Å². The van der Waals surface area contributed by atoms with Crippen molar-refractivity contribution < 1.29 is 23.9 Å². The molecule has 1 heterocycles. The molecule has 148 valence electrons. The van der Waals surface area contributed by atoms with Gasteiger partial charge >= 0.3 is 18.0 Å². The van der Waals surface area contributed by atoms with Crippen LogP contribution >= 0.6 is 22.9 Å². The van der Waals surface area contributed by atoms with Crippen molar-refractivity contribution >= 4 is 51.6 Å². The molecular weight excluding hydrogens is 404 g/mol. The third kappa shape index (κ3) is 5.34. The molecule has 0 unspecified atom stereocenters. The maximum Gasteiger partial charge on any atom is 0.348 e. The molecule has 28 heavy (non-hydrogen) atoms. The molecule has 9 heteroatoms. The summed E-state index contributed by atoms with van der Waals surface area (Å²) in [4.78, 5) is 37.1. The monoisotopic (exact) mass is 422 g/mol. The van der Waals surface area contributed by atoms with E-state index < -0.39 is 18.0 Å². The number of anilines is 2. The number of thiophene rings is 1. The molecule has 0 radical (unpaired) electrons. The Labute approximate surface area is 171 Å². The predicted octanol–water partition coefficient (Wildman–Crippen LogP) is 4.87. The van der Waals surface area contributed by atoms with Crippen molar-refractivity contribution in [1.82, 2.24) is 0 Å². The second-order valence-corrected chi connectivity index (χ2v) is 6.91. The average Bonchev–Trinajstić information content (AvgIpc) is 2.95. The van der Waals surface area contributed by atoms with Crippen LogP contribution in [0.3, 0.4) is 0 Å². The van der Waals surface area contributed by atoms with Crippen LogP contribution < -0.4 is 10.6 Å². The number of ether oxygens (including phenoxy) is 2. The van der Waals surface area contributed by atoms with Crippen LogP contribution in [0.5, 0.6) is 0 Å². The summed E-state index contributed by atoms with van der Waals surface area (Å²) < 4.78 is 10.1. The summed E-state index contributed by atoms with van der Waals surface area (Å²) in [5.74, 6) is -1.26. The van der Waals surface area contributed by atoms with E-state index in [1.54, 1.807) is 38.1 Å². The summed E-state index contributed by atoms with van der Waals surface area (Å²) in [5.41, 5.74) is 0.954. The molecule has 0 aliphatic rings. The van der Waals surface area contributed by atoms with E-state index in [1.165, 1.54) is 6.08 Å². The lowest BCUT2D eigenvalue weighted by molar-refractivity contribution is 0.0527. The Hall–Kier alpha value is -2.84. The first-order valence-corrected chi connectivity index (χ1v) is 9.48. The minimum atomic E-state index is -0.642. The van der Waals surface area contributed by atoms with Crippen LogP contribution in [0.15, 0.2) is 36.9 Å². The molecule has 0 aliphatic heterocycles. The Balaban J connectivity index is 2.29. The van der Waals surface area contributed by atoms with Gasteiger partial charge < -0.3 is 14.8 Å². The SMILES string of the molecule is C=CCOC(=O)c1sc(NC(=O)Nc2cccc(Cl)c2)c(C(=O)OCC)c1C. The Bertz CT molecular complexity index is 910. The maximum atomic E-state index is 12.3. The third-order valence-electron chi connectivity index (χ3n) is 3.45. The number of esters is 2. The fourth-order valence-electron chi connectivity index (χ4n) is 2.28. The number of halogens is 1. The Morgan fingerprint density at radius 1 is 1.21 bits per heavy atom. The van der Waals surface area contributed by atoms with E-state index in [2.05, 4.69) is 17.2 Å². The quantitative estimate of drug-likeness (QED) is 0.490. The number of nitrogens with one attached hydrogen (secondary N) is 2. The molecule has 2 N–H and O–H groups in total. The van der Waals surface area contributed by atoms with Crippen molar-refractivity contribution in [3.63, 3.8) is 0 Å². The number of benzene rings is 1. The van der Waals surface area contributed by atoms with Crippen LogP contribution in [0.2, 0.25) is 5.02 Å². The van der Waals surface area contributed by atoms with E-state index in [9.17, 15) is 14.4 Å². The van der Waals surface area contributed by atoms with Gasteiger partial charge in [-0.15, -0.1) is 11.3 Å². The summed E-state index contributed by atoms with van der Waals surface area (Å²) in [7, 11) is 0. The van der Waals surface area contributed by atoms with Crippen LogP contribution in [0, 0.1) is 6.92 Å². The number of carbonyl (C=O) groups is 3. The van der Waals surface area contributed by atoms with Crippen molar-refractivity contribution in [2.45, 2.75) is 13.8 Å². The summed E-state index contributed by atoms with van der Waals surface area (Å²) in [5, 5.41) is 5.84. The Morgan fingerprint density at radius 2 is 1.96 bits per heavy atom. The number of rotatable bonds is 7. The van der Waals surface area contributed by atoms with E-state index in [4.69, 9.17) is 21.1 Å². The van der Waals surface area contributed by atoms with Crippen molar-refractivity contribution in [3.05, 3.63) is 57.9 Å². The molecule has 0 saturated carbocycles. The van der Waals surface area contributed by atoms with Gasteiger partial charge in [0, 0.05) is 10.7 Å². The van der Waals surface area contributed by atoms with Crippen LogP contribution in [-0.2, 0) is 9.47 Å². The average molecular weight is 423 g/mol. The zero-order chi connectivity index (χ0) is 20.7. The third-order valence-corrected chi connectivity index (χ3v) is 4.88. The van der Waals surface area contributed by atoms with Gasteiger partial charge in [-0.2, -0.15) is 0 Å². The fourth-order valence-corrected chi connectivity index (χ4v) is 3.55. The lowest BCUT2D eigenvalue weighted by Crippen LogP contribution is -2.20. The number of hydrogen-bond acceptors (Lipinski definition) is 6. The zero-order valence-corrected chi connectivity index (χ0v) is 16.9. The standard InChI is InChI=1S/C19H19ClN2O5S/c1-4-9-27-18(24)15-11(3)14(17(23)26-5-2)16(28-15)22-19(25)21-13-8-6-7-12(20)10-13/h4,6-8,10H,1,5,9H2,2-3H3,(H2,21,22,25). The van der Waals surface area contributed by atoms with Crippen molar-refractivity contribution in [2.75, 3.05) is 23.8 Å². The van der Waals surface area contributed by atoms with E-state index in [1.807, 2.05) is 0 Å². The molecule has 0 atom stereocenters. The Morgan fingerprint density at radius 3 is 2.61 bits per heavy atom. The van der Waals surface area contributed by atoms with Crippen molar-refractivity contribution in [2.24, 2.45) is 0 Å². The fraction of sp³-hybridized carbons (Fsp3) is 0.211. The highest BCUT2D eigenvalue weighted by molar-refractivity contribution is 7.18. The van der Waals surface area contributed by atoms with E-state index in [-0.39, 0.29) is 28.7 Å². The lowest BCUT2D eigenvalue weighted by atomic mass is 10.1. The molecule has 0 fully saturated rings. The molecule has 0 bridgehead atoms. The van der Waals surface area contributed by atoms with Crippen LogP contribution in [0.25, 0.3) is 0 Å². The number of amides is 2. The minimum absolute atomic E-state index is 0.0307. The Kier molecular flexibility index (Phi) is 7.60. The van der Waals surface area contributed by atoms with Crippen molar-refractivity contribution in [3.8, 4) is 0 Å². The molecule has 1 aromatic heterocycles. The second kappa shape index (κ2) is 9.91. The normalized spacial score (nSPS) is 10.1. The molecule has 0 spiro atoms. The smallest absolute Gasteiger partial charge is 0.348 e. The zero-order valence-electron chi connectivity index (χ0n) is 15.3. The number of hydrogen-bond donors (Lipinski definition) is 2. The van der Waals surface area contributed by atoms with Crippen LogP contribution in [0.4, 0.5) is 15.5 Å². The van der Waals surface area contributed by atoms with Crippen LogP contribution in [-0.4, -0.2) is 31.2 Å². The molecule has 0 aliphatic carbocycles. The van der Waals surface area contributed by atoms with Gasteiger partial charge in [0.2, 0.25) is 0 Å². The highest BCUT2D eigenvalue weighted by Crippen LogP contribution is 2.34. The molecule has 2 rings (SSSR count). The topological polar surface area (TPSA) is 93.7 Å². The molecule has 2 aromatic rings. The summed E-state index contributed by atoms with van der Waals surface area (Å²) in [6, 6.07) is 6.00. The van der Waals surface area contributed by atoms with E-state index >= 15 is 0 Å². The first kappa shape index (κ1) is 21.5. The molecule has 2 amide bonds. The summed E-state index contributed by atoms with van der Waals surface area (Å²) in [6.07, 6.45) is 1.44. The molecule has 0 saturated heterocycles. The first-order valence-electron chi connectivity index (χ1n) is 8.29. The van der Waals surface area contributed by atoms with Gasteiger partial charge in [-0.1, -0.05) is 30.3 Å². The maximum absolute atomic E-state index is 12.3.